The monoisotopic (exact) mass is 384 g/mol. The molecule has 148 valence electrons. The molecule has 2 aromatic rings. The van der Waals surface area contributed by atoms with Crippen LogP contribution in [-0.2, 0) is 9.59 Å². The summed E-state index contributed by atoms with van der Waals surface area (Å²) in [6, 6.07) is 8.57. The number of carbonyl (C=O) groups excluding carboxylic acids is 2. The van der Waals surface area contributed by atoms with Crippen LogP contribution in [0.1, 0.15) is 43.6 Å². The van der Waals surface area contributed by atoms with Gasteiger partial charge in [-0.1, -0.05) is 13.0 Å². The SMILES string of the molecule is CC[C@H]1Oc2ccc([C@H](O)c3ccco3)cc2N(CC(=O)N2CCCC2)C1=O. The number of likely N-dealkylation sites (tertiary alicyclic amines) is 1. The molecule has 2 atom stereocenters. The number of nitrogens with zero attached hydrogens (tertiary/aromatic N) is 2. The minimum Gasteiger partial charge on any atom is -0.478 e. The van der Waals surface area contributed by atoms with Gasteiger partial charge in [0.2, 0.25) is 5.91 Å². The molecule has 2 aliphatic rings. The standard InChI is InChI=1S/C21H24N2O5/c1-2-16-21(26)23(13-19(24)22-9-3-4-10-22)15-12-14(7-8-17(15)28-16)20(25)18-6-5-11-27-18/h5-8,11-12,16,20,25H,2-4,9-10,13H2,1H3/t16-,20+/m1/s1. The van der Waals surface area contributed by atoms with Crippen molar-refractivity contribution in [1.29, 1.82) is 0 Å². The Labute approximate surface area is 163 Å². The number of fused-ring (bicyclic) bond motifs is 1. The van der Waals surface area contributed by atoms with Crippen molar-refractivity contribution in [2.24, 2.45) is 0 Å². The second kappa shape index (κ2) is 7.67. The van der Waals surface area contributed by atoms with Gasteiger partial charge in [0, 0.05) is 13.1 Å². The fourth-order valence-electron chi connectivity index (χ4n) is 3.75. The number of carbonyl (C=O) groups is 2. The topological polar surface area (TPSA) is 83.2 Å². The summed E-state index contributed by atoms with van der Waals surface area (Å²) in [6.45, 7) is 3.33. The molecule has 4 rings (SSSR count). The third-order valence-corrected chi connectivity index (χ3v) is 5.34. The van der Waals surface area contributed by atoms with E-state index in [1.165, 1.54) is 11.2 Å². The molecule has 2 aliphatic heterocycles. The van der Waals surface area contributed by atoms with E-state index in [2.05, 4.69) is 0 Å². The van der Waals surface area contributed by atoms with Gasteiger partial charge in [-0.2, -0.15) is 0 Å². The van der Waals surface area contributed by atoms with E-state index < -0.39 is 12.2 Å². The van der Waals surface area contributed by atoms with Crippen LogP contribution < -0.4 is 9.64 Å². The molecule has 0 aliphatic carbocycles. The van der Waals surface area contributed by atoms with E-state index >= 15 is 0 Å². The normalized spacial score (nSPS) is 20.1. The van der Waals surface area contributed by atoms with Crippen molar-refractivity contribution in [2.45, 2.75) is 38.4 Å². The highest BCUT2D eigenvalue weighted by Gasteiger charge is 2.36. The summed E-state index contributed by atoms with van der Waals surface area (Å²) >= 11 is 0. The van der Waals surface area contributed by atoms with Gasteiger partial charge in [-0.15, -0.1) is 0 Å². The molecule has 0 unspecified atom stereocenters. The Morgan fingerprint density at radius 1 is 1.29 bits per heavy atom. The molecule has 0 radical (unpaired) electrons. The average Bonchev–Trinajstić information content (AvgIpc) is 3.43. The van der Waals surface area contributed by atoms with Crippen LogP contribution in [0.25, 0.3) is 0 Å². The number of rotatable bonds is 5. The molecular weight excluding hydrogens is 360 g/mol. The summed E-state index contributed by atoms with van der Waals surface area (Å²) in [4.78, 5) is 28.9. The first kappa shape index (κ1) is 18.6. The van der Waals surface area contributed by atoms with Gasteiger partial charge in [0.15, 0.2) is 6.10 Å². The number of ether oxygens (including phenoxy) is 1. The smallest absolute Gasteiger partial charge is 0.268 e. The maximum atomic E-state index is 12.9. The molecule has 28 heavy (non-hydrogen) atoms. The highest BCUT2D eigenvalue weighted by Crippen LogP contribution is 2.38. The van der Waals surface area contributed by atoms with Crippen molar-refractivity contribution in [3.8, 4) is 5.75 Å². The second-order valence-corrected chi connectivity index (χ2v) is 7.17. The van der Waals surface area contributed by atoms with Crippen molar-refractivity contribution in [1.82, 2.24) is 4.90 Å². The predicted molar refractivity (Wildman–Crippen MR) is 102 cm³/mol. The van der Waals surface area contributed by atoms with Crippen LogP contribution >= 0.6 is 0 Å². The molecule has 1 fully saturated rings. The van der Waals surface area contributed by atoms with Crippen molar-refractivity contribution < 1.29 is 23.8 Å². The van der Waals surface area contributed by atoms with Crippen LogP contribution in [0.15, 0.2) is 41.0 Å². The lowest BCUT2D eigenvalue weighted by molar-refractivity contribution is -0.132. The molecule has 0 bridgehead atoms. The lowest BCUT2D eigenvalue weighted by Crippen LogP contribution is -2.50. The molecule has 1 N–H and O–H groups in total. The van der Waals surface area contributed by atoms with E-state index in [0.717, 1.165) is 25.9 Å². The van der Waals surface area contributed by atoms with E-state index in [1.807, 2.05) is 6.92 Å². The summed E-state index contributed by atoms with van der Waals surface area (Å²) in [6.07, 6.45) is 2.43. The number of aliphatic hydroxyl groups is 1. The van der Waals surface area contributed by atoms with Crippen molar-refractivity contribution in [3.63, 3.8) is 0 Å². The minimum atomic E-state index is -0.963. The molecule has 1 aromatic carbocycles. The van der Waals surface area contributed by atoms with Gasteiger partial charge >= 0.3 is 0 Å². The van der Waals surface area contributed by atoms with Crippen molar-refractivity contribution >= 4 is 17.5 Å². The molecule has 7 heteroatoms. The fourth-order valence-corrected chi connectivity index (χ4v) is 3.75. The van der Waals surface area contributed by atoms with Gasteiger partial charge in [-0.3, -0.25) is 14.5 Å². The molecule has 1 aromatic heterocycles. The number of hydrogen-bond donors (Lipinski definition) is 1. The first-order valence-electron chi connectivity index (χ1n) is 9.69. The number of hydrogen-bond acceptors (Lipinski definition) is 5. The van der Waals surface area contributed by atoms with Crippen LogP contribution in [0.2, 0.25) is 0 Å². The Bertz CT molecular complexity index is 858. The molecular formula is C21H24N2O5. The van der Waals surface area contributed by atoms with Gasteiger partial charge in [0.05, 0.1) is 12.0 Å². The Morgan fingerprint density at radius 3 is 2.75 bits per heavy atom. The van der Waals surface area contributed by atoms with Crippen LogP contribution in [0, 0.1) is 0 Å². The number of furan rings is 1. The average molecular weight is 384 g/mol. The first-order chi connectivity index (χ1) is 13.6. The van der Waals surface area contributed by atoms with Gasteiger partial charge in [0.1, 0.15) is 24.2 Å². The second-order valence-electron chi connectivity index (χ2n) is 7.17. The highest BCUT2D eigenvalue weighted by molar-refractivity contribution is 6.04. The number of amides is 2. The van der Waals surface area contributed by atoms with Crippen LogP contribution in [-0.4, -0.2) is 47.6 Å². The van der Waals surface area contributed by atoms with Crippen LogP contribution in [0.4, 0.5) is 5.69 Å². The number of aliphatic hydroxyl groups excluding tert-OH is 1. The molecule has 0 saturated carbocycles. The summed E-state index contributed by atoms with van der Waals surface area (Å²) in [5, 5.41) is 10.6. The Kier molecular flexibility index (Phi) is 5.09. The zero-order valence-electron chi connectivity index (χ0n) is 15.8. The van der Waals surface area contributed by atoms with Gasteiger partial charge in [-0.25, -0.2) is 0 Å². The Hall–Kier alpha value is -2.80. The fraction of sp³-hybridized carbons (Fsp3) is 0.429. The number of benzene rings is 1. The third-order valence-electron chi connectivity index (χ3n) is 5.34. The van der Waals surface area contributed by atoms with Gasteiger partial charge < -0.3 is 19.2 Å². The summed E-state index contributed by atoms with van der Waals surface area (Å²) in [5.74, 6) is 0.655. The lowest BCUT2D eigenvalue weighted by Gasteiger charge is -2.35. The Morgan fingerprint density at radius 2 is 2.07 bits per heavy atom. The van der Waals surface area contributed by atoms with Gasteiger partial charge in [-0.05, 0) is 49.1 Å². The summed E-state index contributed by atoms with van der Waals surface area (Å²) in [5.41, 5.74) is 1.07. The van der Waals surface area contributed by atoms with Crippen LogP contribution in [0.5, 0.6) is 5.75 Å². The molecule has 1 saturated heterocycles. The molecule has 7 nitrogen and oxygen atoms in total. The van der Waals surface area contributed by atoms with Crippen molar-refractivity contribution in [3.05, 3.63) is 47.9 Å². The maximum absolute atomic E-state index is 12.9. The van der Waals surface area contributed by atoms with Gasteiger partial charge in [0.25, 0.3) is 5.91 Å². The third kappa shape index (κ3) is 3.38. The highest BCUT2D eigenvalue weighted by atomic mass is 16.5. The van der Waals surface area contributed by atoms with E-state index in [9.17, 15) is 14.7 Å². The number of anilines is 1. The first-order valence-corrected chi connectivity index (χ1v) is 9.69. The zero-order valence-corrected chi connectivity index (χ0v) is 15.8. The summed E-state index contributed by atoms with van der Waals surface area (Å²) < 4.78 is 11.1. The van der Waals surface area contributed by atoms with Crippen molar-refractivity contribution in [2.75, 3.05) is 24.5 Å². The van der Waals surface area contributed by atoms with E-state index in [0.29, 0.717) is 29.2 Å². The molecule has 3 heterocycles. The van der Waals surface area contributed by atoms with E-state index in [-0.39, 0.29) is 18.4 Å². The minimum absolute atomic E-state index is 0.0218. The summed E-state index contributed by atoms with van der Waals surface area (Å²) in [7, 11) is 0. The predicted octanol–water partition coefficient (Wildman–Crippen LogP) is 2.49. The van der Waals surface area contributed by atoms with E-state index in [4.69, 9.17) is 9.15 Å². The maximum Gasteiger partial charge on any atom is 0.268 e. The quantitative estimate of drug-likeness (QED) is 0.856. The Balaban J connectivity index is 1.66. The largest absolute Gasteiger partial charge is 0.478 e. The molecule has 2 amide bonds. The van der Waals surface area contributed by atoms with Crippen LogP contribution in [0.3, 0.4) is 0 Å². The lowest BCUT2D eigenvalue weighted by atomic mass is 10.0. The molecule has 0 spiro atoms. The van der Waals surface area contributed by atoms with E-state index in [1.54, 1.807) is 35.2 Å². The zero-order chi connectivity index (χ0) is 19.7.